The van der Waals surface area contributed by atoms with Crippen molar-refractivity contribution in [1.29, 1.82) is 0 Å². The molecule has 1 heterocycles. The minimum absolute atomic E-state index is 0.667. The summed E-state index contributed by atoms with van der Waals surface area (Å²) < 4.78 is 0. The second-order valence-corrected chi connectivity index (χ2v) is 3.53. The molecule has 0 saturated carbocycles. The van der Waals surface area contributed by atoms with Crippen molar-refractivity contribution in [2.75, 3.05) is 0 Å². The summed E-state index contributed by atoms with van der Waals surface area (Å²) in [4.78, 5) is 4.26. The number of hydrogen-bond acceptors (Lipinski definition) is 3. The number of fused-ring (bicyclic) bond motifs is 1. The topological polar surface area (TPSA) is 53.4 Å². The van der Waals surface area contributed by atoms with Crippen LogP contribution >= 0.6 is 0 Å². The maximum Gasteiger partial charge on any atom is 0.480 e. The first-order valence-electron chi connectivity index (χ1n) is 5.13. The summed E-state index contributed by atoms with van der Waals surface area (Å²) in [5.74, 6) is 1.36. The first-order chi connectivity index (χ1) is 7.77. The van der Waals surface area contributed by atoms with Gasteiger partial charge in [-0.3, -0.25) is 4.98 Å². The van der Waals surface area contributed by atoms with Crippen molar-refractivity contribution in [3.63, 3.8) is 0 Å². The predicted octanol–water partition coefficient (Wildman–Crippen LogP) is 1.35. The summed E-state index contributed by atoms with van der Waals surface area (Å²) in [6.45, 7) is 0. The second-order valence-electron chi connectivity index (χ2n) is 3.53. The van der Waals surface area contributed by atoms with Gasteiger partial charge in [0.1, 0.15) is 0 Å². The lowest BCUT2D eigenvalue weighted by Crippen LogP contribution is -2.05. The van der Waals surface area contributed by atoms with Crippen LogP contribution in [0.3, 0.4) is 0 Å². The Bertz CT molecular complexity index is 506. The second kappa shape index (κ2) is 4.92. The SMILES string of the molecule is OB(O)/C=C/Cc1ccnc2ccccc12. The van der Waals surface area contributed by atoms with Gasteiger partial charge in [-0.2, -0.15) is 0 Å². The fourth-order valence-electron chi connectivity index (χ4n) is 1.65. The summed E-state index contributed by atoms with van der Waals surface area (Å²) in [5.41, 5.74) is 2.08. The molecular formula is C12H12BNO2. The smallest absolute Gasteiger partial charge is 0.424 e. The summed E-state index contributed by atoms with van der Waals surface area (Å²) in [7, 11) is -1.38. The van der Waals surface area contributed by atoms with Gasteiger partial charge in [0, 0.05) is 11.6 Å². The van der Waals surface area contributed by atoms with E-state index in [2.05, 4.69) is 4.98 Å². The van der Waals surface area contributed by atoms with Gasteiger partial charge in [0.15, 0.2) is 0 Å². The molecule has 16 heavy (non-hydrogen) atoms. The lowest BCUT2D eigenvalue weighted by Gasteiger charge is -2.02. The van der Waals surface area contributed by atoms with Crippen LogP contribution in [0.5, 0.6) is 0 Å². The van der Waals surface area contributed by atoms with Crippen molar-refractivity contribution < 1.29 is 10.0 Å². The van der Waals surface area contributed by atoms with Crippen molar-refractivity contribution in [2.24, 2.45) is 0 Å². The van der Waals surface area contributed by atoms with Gasteiger partial charge < -0.3 is 10.0 Å². The molecule has 0 aliphatic heterocycles. The number of pyridine rings is 1. The minimum atomic E-state index is -1.38. The molecule has 0 aliphatic carbocycles. The Hall–Kier alpha value is -1.65. The first-order valence-corrected chi connectivity index (χ1v) is 5.13. The zero-order valence-corrected chi connectivity index (χ0v) is 8.74. The minimum Gasteiger partial charge on any atom is -0.424 e. The van der Waals surface area contributed by atoms with Gasteiger partial charge >= 0.3 is 7.12 Å². The number of benzene rings is 1. The van der Waals surface area contributed by atoms with Crippen LogP contribution in [0, 0.1) is 0 Å². The van der Waals surface area contributed by atoms with Crippen LogP contribution in [0.1, 0.15) is 5.56 Å². The van der Waals surface area contributed by atoms with Gasteiger partial charge in [0.2, 0.25) is 0 Å². The van der Waals surface area contributed by atoms with E-state index < -0.39 is 7.12 Å². The van der Waals surface area contributed by atoms with E-state index in [4.69, 9.17) is 10.0 Å². The van der Waals surface area contributed by atoms with Crippen molar-refractivity contribution in [2.45, 2.75) is 6.42 Å². The van der Waals surface area contributed by atoms with Gasteiger partial charge in [-0.15, -0.1) is 0 Å². The molecule has 0 atom stereocenters. The highest BCUT2D eigenvalue weighted by Crippen LogP contribution is 2.16. The van der Waals surface area contributed by atoms with Gasteiger partial charge in [0.05, 0.1) is 5.52 Å². The monoisotopic (exact) mass is 213 g/mol. The summed E-state index contributed by atoms with van der Waals surface area (Å²) in [5, 5.41) is 18.5. The van der Waals surface area contributed by atoms with E-state index in [0.717, 1.165) is 16.5 Å². The Morgan fingerprint density at radius 2 is 2.00 bits per heavy atom. The quantitative estimate of drug-likeness (QED) is 0.756. The van der Waals surface area contributed by atoms with Gasteiger partial charge in [-0.25, -0.2) is 0 Å². The molecule has 3 nitrogen and oxygen atoms in total. The van der Waals surface area contributed by atoms with E-state index in [-0.39, 0.29) is 0 Å². The van der Waals surface area contributed by atoms with E-state index in [0.29, 0.717) is 6.42 Å². The van der Waals surface area contributed by atoms with E-state index >= 15 is 0 Å². The fourth-order valence-corrected chi connectivity index (χ4v) is 1.65. The molecule has 2 aromatic rings. The Labute approximate surface area is 94.2 Å². The van der Waals surface area contributed by atoms with Crippen molar-refractivity contribution in [3.8, 4) is 0 Å². The van der Waals surface area contributed by atoms with Crippen LogP contribution < -0.4 is 0 Å². The third kappa shape index (κ3) is 2.48. The maximum absolute atomic E-state index is 8.70. The van der Waals surface area contributed by atoms with E-state index in [9.17, 15) is 0 Å². The number of rotatable bonds is 3. The third-order valence-electron chi connectivity index (χ3n) is 2.39. The number of para-hydroxylation sites is 1. The summed E-state index contributed by atoms with van der Waals surface area (Å²) in [6, 6.07) is 9.84. The highest BCUT2D eigenvalue weighted by atomic mass is 16.4. The maximum atomic E-state index is 8.70. The van der Waals surface area contributed by atoms with Crippen LogP contribution in [0.4, 0.5) is 0 Å². The molecule has 0 saturated heterocycles. The molecule has 2 N–H and O–H groups in total. The standard InChI is InChI=1S/C12H12BNO2/c15-13(16)8-3-4-10-7-9-14-12-6-2-1-5-11(10)12/h1-3,5-9,15-16H,4H2/b8-3+. The molecule has 4 heteroatoms. The molecule has 0 aliphatic rings. The molecule has 0 radical (unpaired) electrons. The van der Waals surface area contributed by atoms with Crippen molar-refractivity contribution >= 4 is 18.0 Å². The molecule has 80 valence electrons. The average Bonchev–Trinajstić information content (AvgIpc) is 2.29. The number of hydrogen-bond donors (Lipinski definition) is 2. The Balaban J connectivity index is 2.30. The lowest BCUT2D eigenvalue weighted by molar-refractivity contribution is 0.424. The summed E-state index contributed by atoms with van der Waals surface area (Å²) in [6.07, 6.45) is 4.17. The first kappa shape index (κ1) is 10.9. The predicted molar refractivity (Wildman–Crippen MR) is 64.8 cm³/mol. The number of nitrogens with zero attached hydrogens (tertiary/aromatic N) is 1. The average molecular weight is 213 g/mol. The van der Waals surface area contributed by atoms with Crippen LogP contribution in [0.2, 0.25) is 0 Å². The van der Waals surface area contributed by atoms with E-state index in [1.54, 1.807) is 12.3 Å². The molecule has 2 rings (SSSR count). The lowest BCUT2D eigenvalue weighted by atomic mass is 9.90. The van der Waals surface area contributed by atoms with Crippen LogP contribution in [-0.4, -0.2) is 22.2 Å². The summed E-state index contributed by atoms with van der Waals surface area (Å²) >= 11 is 0. The molecule has 1 aromatic carbocycles. The molecule has 0 spiro atoms. The van der Waals surface area contributed by atoms with Crippen LogP contribution in [-0.2, 0) is 6.42 Å². The van der Waals surface area contributed by atoms with Crippen LogP contribution in [0.25, 0.3) is 10.9 Å². The largest absolute Gasteiger partial charge is 0.480 e. The highest BCUT2D eigenvalue weighted by Gasteiger charge is 2.01. The zero-order chi connectivity index (χ0) is 11.4. The number of allylic oxidation sites excluding steroid dienone is 1. The molecule has 0 amide bonds. The fraction of sp³-hybridized carbons (Fsp3) is 0.0833. The molecule has 1 aromatic heterocycles. The molecule has 0 fully saturated rings. The number of aromatic nitrogens is 1. The van der Waals surface area contributed by atoms with Gasteiger partial charge in [-0.1, -0.05) is 30.3 Å². The Kier molecular flexibility index (Phi) is 3.34. The highest BCUT2D eigenvalue weighted by molar-refractivity contribution is 6.47. The van der Waals surface area contributed by atoms with Crippen molar-refractivity contribution in [3.05, 3.63) is 54.1 Å². The van der Waals surface area contributed by atoms with Crippen LogP contribution in [0.15, 0.2) is 48.6 Å². The van der Waals surface area contributed by atoms with Crippen molar-refractivity contribution in [1.82, 2.24) is 4.98 Å². The normalized spacial score (nSPS) is 11.1. The van der Waals surface area contributed by atoms with Gasteiger partial charge in [-0.05, 0) is 24.1 Å². The molecule has 0 unspecified atom stereocenters. The van der Waals surface area contributed by atoms with E-state index in [1.807, 2.05) is 30.3 Å². The Morgan fingerprint density at radius 1 is 1.19 bits per heavy atom. The molecular weight excluding hydrogens is 201 g/mol. The third-order valence-corrected chi connectivity index (χ3v) is 2.39. The zero-order valence-electron chi connectivity index (χ0n) is 8.74. The van der Waals surface area contributed by atoms with E-state index in [1.165, 1.54) is 5.98 Å². The van der Waals surface area contributed by atoms with Gasteiger partial charge in [0.25, 0.3) is 0 Å². The Morgan fingerprint density at radius 3 is 2.81 bits per heavy atom. The molecule has 0 bridgehead atoms.